The maximum absolute atomic E-state index is 5.80. The molecule has 0 amide bonds. The molecule has 0 aromatic heterocycles. The highest BCUT2D eigenvalue weighted by molar-refractivity contribution is 6.60. The highest BCUT2D eigenvalue weighted by Crippen LogP contribution is 2.18. The molecule has 20 heavy (non-hydrogen) atoms. The van der Waals surface area contributed by atoms with E-state index in [1.54, 1.807) is 14.2 Å². The van der Waals surface area contributed by atoms with E-state index in [1.807, 2.05) is 39.0 Å². The molecule has 0 aliphatic heterocycles. The Bertz CT molecular complexity index is 371. The molecular formula is C15H26O4Si. The van der Waals surface area contributed by atoms with Gasteiger partial charge in [-0.1, -0.05) is 30.3 Å². The Hall–Kier alpha value is -0.723. The van der Waals surface area contributed by atoms with E-state index in [4.69, 9.17) is 18.0 Å². The van der Waals surface area contributed by atoms with Gasteiger partial charge in [-0.25, -0.2) is 0 Å². The van der Waals surface area contributed by atoms with Crippen LogP contribution in [0.5, 0.6) is 0 Å². The average molecular weight is 298 g/mol. The molecule has 5 heteroatoms. The first-order valence-electron chi connectivity index (χ1n) is 6.83. The van der Waals surface area contributed by atoms with Gasteiger partial charge in [0.25, 0.3) is 0 Å². The third kappa shape index (κ3) is 6.15. The zero-order valence-electron chi connectivity index (χ0n) is 13.1. The summed E-state index contributed by atoms with van der Waals surface area (Å²) in [5, 5.41) is 0. The monoisotopic (exact) mass is 298 g/mol. The molecule has 0 unspecified atom stereocenters. The number of benzene rings is 1. The molecule has 1 aromatic rings. The van der Waals surface area contributed by atoms with E-state index in [0.29, 0.717) is 0 Å². The Morgan fingerprint density at radius 1 is 1.00 bits per heavy atom. The molecular weight excluding hydrogens is 272 g/mol. The summed E-state index contributed by atoms with van der Waals surface area (Å²) in [6, 6.07) is 11.0. The summed E-state index contributed by atoms with van der Waals surface area (Å²) in [5.41, 5.74) is 1.01. The van der Waals surface area contributed by atoms with Crippen LogP contribution in [-0.2, 0) is 24.4 Å². The number of aryl methyl sites for hydroxylation is 1. The topological polar surface area (TPSA) is 36.9 Å². The van der Waals surface area contributed by atoms with Crippen LogP contribution >= 0.6 is 0 Å². The smallest absolute Gasteiger partial charge is 0.377 e. The Kier molecular flexibility index (Phi) is 6.85. The van der Waals surface area contributed by atoms with Crippen molar-refractivity contribution in [3.63, 3.8) is 0 Å². The molecule has 1 rings (SSSR count). The molecule has 4 nitrogen and oxygen atoms in total. The fourth-order valence-electron chi connectivity index (χ4n) is 1.72. The predicted molar refractivity (Wildman–Crippen MR) is 81.5 cm³/mol. The van der Waals surface area contributed by atoms with Crippen molar-refractivity contribution in [3.05, 3.63) is 35.9 Å². The van der Waals surface area contributed by atoms with Crippen molar-refractivity contribution >= 4 is 8.80 Å². The molecule has 0 aliphatic carbocycles. The first kappa shape index (κ1) is 17.3. The van der Waals surface area contributed by atoms with Crippen molar-refractivity contribution in [2.75, 3.05) is 21.0 Å². The van der Waals surface area contributed by atoms with Crippen LogP contribution in [0, 0.1) is 0 Å². The maximum Gasteiger partial charge on any atom is 0.502 e. The molecule has 0 saturated carbocycles. The van der Waals surface area contributed by atoms with Crippen molar-refractivity contribution in [2.45, 2.75) is 38.8 Å². The SMILES string of the molecule is CO[Si](CCc1ccccc1)(OC)OCOC(C)(C)C. The summed E-state index contributed by atoms with van der Waals surface area (Å²) >= 11 is 0. The predicted octanol–water partition coefficient (Wildman–Crippen LogP) is 3.25. The summed E-state index contributed by atoms with van der Waals surface area (Å²) in [4.78, 5) is 0. The minimum Gasteiger partial charge on any atom is -0.377 e. The maximum atomic E-state index is 5.80. The summed E-state index contributed by atoms with van der Waals surface area (Å²) < 4.78 is 22.5. The summed E-state index contributed by atoms with van der Waals surface area (Å²) in [6.45, 7) is 6.15. The van der Waals surface area contributed by atoms with Crippen LogP contribution in [0.2, 0.25) is 6.04 Å². The first-order chi connectivity index (χ1) is 9.41. The van der Waals surface area contributed by atoms with Gasteiger partial charge in [0.1, 0.15) is 6.79 Å². The molecule has 0 spiro atoms. The lowest BCUT2D eigenvalue weighted by molar-refractivity contribution is -0.100. The lowest BCUT2D eigenvalue weighted by atomic mass is 10.2. The molecule has 0 fully saturated rings. The largest absolute Gasteiger partial charge is 0.502 e. The van der Waals surface area contributed by atoms with Gasteiger partial charge in [0, 0.05) is 20.3 Å². The van der Waals surface area contributed by atoms with Crippen molar-refractivity contribution < 1.29 is 18.0 Å². The van der Waals surface area contributed by atoms with Gasteiger partial charge in [0.15, 0.2) is 0 Å². The summed E-state index contributed by atoms with van der Waals surface area (Å²) in [7, 11) is 0.622. The van der Waals surface area contributed by atoms with Crippen LogP contribution in [0.15, 0.2) is 30.3 Å². The number of hydrogen-bond acceptors (Lipinski definition) is 4. The van der Waals surface area contributed by atoms with Gasteiger partial charge in [-0.15, -0.1) is 0 Å². The van der Waals surface area contributed by atoms with Gasteiger partial charge >= 0.3 is 8.80 Å². The highest BCUT2D eigenvalue weighted by Gasteiger charge is 2.39. The van der Waals surface area contributed by atoms with Gasteiger partial charge in [-0.3, -0.25) is 0 Å². The molecule has 1 aromatic carbocycles. The molecule has 114 valence electrons. The molecule has 0 bridgehead atoms. The molecule has 0 N–H and O–H groups in total. The van der Waals surface area contributed by atoms with E-state index < -0.39 is 8.80 Å². The first-order valence-corrected chi connectivity index (χ1v) is 8.76. The Morgan fingerprint density at radius 2 is 1.60 bits per heavy atom. The van der Waals surface area contributed by atoms with Gasteiger partial charge < -0.3 is 18.0 Å². The Balaban J connectivity index is 2.53. The number of rotatable bonds is 8. The Morgan fingerprint density at radius 3 is 2.10 bits per heavy atom. The summed E-state index contributed by atoms with van der Waals surface area (Å²) in [5.74, 6) is 0. The van der Waals surface area contributed by atoms with Crippen molar-refractivity contribution in [1.82, 2.24) is 0 Å². The fourth-order valence-corrected chi connectivity index (χ4v) is 3.50. The van der Waals surface area contributed by atoms with E-state index in [9.17, 15) is 0 Å². The third-order valence-corrected chi connectivity index (χ3v) is 5.62. The van der Waals surface area contributed by atoms with Crippen LogP contribution in [0.3, 0.4) is 0 Å². The molecule has 0 aliphatic rings. The zero-order valence-corrected chi connectivity index (χ0v) is 14.1. The number of ether oxygens (including phenoxy) is 1. The van der Waals surface area contributed by atoms with E-state index >= 15 is 0 Å². The number of hydrogen-bond donors (Lipinski definition) is 0. The van der Waals surface area contributed by atoms with E-state index in [0.717, 1.165) is 12.5 Å². The molecule has 0 heterocycles. The minimum absolute atomic E-state index is 0.187. The fraction of sp³-hybridized carbons (Fsp3) is 0.600. The highest BCUT2D eigenvalue weighted by atomic mass is 28.4. The van der Waals surface area contributed by atoms with E-state index in [1.165, 1.54) is 5.56 Å². The van der Waals surface area contributed by atoms with E-state index in [2.05, 4.69) is 12.1 Å². The van der Waals surface area contributed by atoms with Gasteiger partial charge in [0.05, 0.1) is 5.60 Å². The third-order valence-electron chi connectivity index (χ3n) is 2.96. The molecule has 0 saturated heterocycles. The molecule has 0 radical (unpaired) electrons. The van der Waals surface area contributed by atoms with Crippen molar-refractivity contribution in [2.24, 2.45) is 0 Å². The average Bonchev–Trinajstić information content (AvgIpc) is 2.43. The molecule has 0 atom stereocenters. The van der Waals surface area contributed by atoms with Crippen molar-refractivity contribution in [1.29, 1.82) is 0 Å². The standard InChI is InChI=1S/C15H26O4Si/c1-15(2,3)18-13-19-20(16-4,17-5)12-11-14-9-7-6-8-10-14/h6-10H,11-13H2,1-5H3. The van der Waals surface area contributed by atoms with Gasteiger partial charge in [-0.2, -0.15) is 0 Å². The second-order valence-electron chi connectivity index (χ2n) is 5.60. The lowest BCUT2D eigenvalue weighted by Gasteiger charge is -2.28. The van der Waals surface area contributed by atoms with E-state index in [-0.39, 0.29) is 12.4 Å². The van der Waals surface area contributed by atoms with Crippen LogP contribution in [-0.4, -0.2) is 35.4 Å². The lowest BCUT2D eigenvalue weighted by Crippen LogP contribution is -2.45. The quantitative estimate of drug-likeness (QED) is 0.545. The zero-order chi connectivity index (χ0) is 15.1. The minimum atomic E-state index is -2.65. The van der Waals surface area contributed by atoms with Crippen LogP contribution in [0.1, 0.15) is 26.3 Å². The normalized spacial score (nSPS) is 12.7. The van der Waals surface area contributed by atoms with Crippen LogP contribution in [0.25, 0.3) is 0 Å². The summed E-state index contributed by atoms with van der Waals surface area (Å²) in [6.07, 6.45) is 0.865. The van der Waals surface area contributed by atoms with Gasteiger partial charge in [-0.05, 0) is 32.8 Å². The van der Waals surface area contributed by atoms with Crippen LogP contribution < -0.4 is 0 Å². The van der Waals surface area contributed by atoms with Crippen molar-refractivity contribution in [3.8, 4) is 0 Å². The second kappa shape index (κ2) is 7.90. The Labute approximate surface area is 123 Å². The second-order valence-corrected chi connectivity index (χ2v) is 8.57. The van der Waals surface area contributed by atoms with Gasteiger partial charge in [0.2, 0.25) is 0 Å². The van der Waals surface area contributed by atoms with Crippen LogP contribution in [0.4, 0.5) is 0 Å².